The van der Waals surface area contributed by atoms with Crippen molar-refractivity contribution in [1.29, 1.82) is 5.26 Å². The Balaban J connectivity index is 1.50. The molecule has 1 aromatic heterocycles. The fraction of sp³-hybridized carbons (Fsp3) is 0.429. The Bertz CT molecular complexity index is 818. The first-order chi connectivity index (χ1) is 12.6. The van der Waals surface area contributed by atoms with E-state index in [0.717, 1.165) is 36.4 Å². The molecule has 0 aliphatic heterocycles. The number of rotatable bonds is 6. The molecule has 1 aliphatic rings. The fourth-order valence-electron chi connectivity index (χ4n) is 3.20. The van der Waals surface area contributed by atoms with Crippen molar-refractivity contribution in [3.63, 3.8) is 0 Å². The van der Waals surface area contributed by atoms with Gasteiger partial charge < -0.3 is 5.32 Å². The second-order valence-corrected chi connectivity index (χ2v) is 9.25. The molecule has 1 amide bonds. The molecule has 1 aliphatic carbocycles. The van der Waals surface area contributed by atoms with Gasteiger partial charge in [-0.25, -0.2) is 0 Å². The molecule has 136 valence electrons. The zero-order chi connectivity index (χ0) is 18.5. The van der Waals surface area contributed by atoms with E-state index in [0.29, 0.717) is 17.9 Å². The van der Waals surface area contributed by atoms with Crippen LogP contribution in [0.1, 0.15) is 47.8 Å². The van der Waals surface area contributed by atoms with E-state index in [2.05, 4.69) is 49.5 Å². The zero-order valence-electron chi connectivity index (χ0n) is 15.3. The SMILES string of the molecule is Cc1ccc(SCCCC(=O)Nc2sc3c(c2C#N)CCC(C)C3)cc1. The van der Waals surface area contributed by atoms with Crippen molar-refractivity contribution >= 4 is 34.0 Å². The largest absolute Gasteiger partial charge is 0.317 e. The van der Waals surface area contributed by atoms with Gasteiger partial charge >= 0.3 is 0 Å². The minimum absolute atomic E-state index is 0.0117. The number of nitrogens with zero attached hydrogens (tertiary/aromatic N) is 1. The second-order valence-electron chi connectivity index (χ2n) is 6.98. The van der Waals surface area contributed by atoms with Crippen LogP contribution in [-0.2, 0) is 17.6 Å². The highest BCUT2D eigenvalue weighted by molar-refractivity contribution is 7.99. The molecule has 0 saturated carbocycles. The standard InChI is InChI=1S/C21H24N2OS2/c1-14-5-8-16(9-6-14)25-11-3-4-20(24)23-21-18(13-22)17-10-7-15(2)12-19(17)26-21/h5-6,8-9,15H,3-4,7,10-12H2,1-2H3,(H,23,24). The van der Waals surface area contributed by atoms with Crippen LogP contribution >= 0.6 is 23.1 Å². The predicted molar refractivity (Wildman–Crippen MR) is 110 cm³/mol. The molecule has 0 saturated heterocycles. The van der Waals surface area contributed by atoms with E-state index in [9.17, 15) is 10.1 Å². The van der Waals surface area contributed by atoms with E-state index < -0.39 is 0 Å². The van der Waals surface area contributed by atoms with Gasteiger partial charge in [-0.2, -0.15) is 5.26 Å². The molecular formula is C21H24N2OS2. The van der Waals surface area contributed by atoms with Gasteiger partial charge in [0.15, 0.2) is 0 Å². The maximum absolute atomic E-state index is 12.3. The van der Waals surface area contributed by atoms with Gasteiger partial charge in [0, 0.05) is 16.2 Å². The smallest absolute Gasteiger partial charge is 0.225 e. The highest BCUT2D eigenvalue weighted by Crippen LogP contribution is 2.39. The summed E-state index contributed by atoms with van der Waals surface area (Å²) in [6.07, 6.45) is 4.43. The van der Waals surface area contributed by atoms with E-state index in [4.69, 9.17) is 0 Å². The Morgan fingerprint density at radius 1 is 1.38 bits per heavy atom. The van der Waals surface area contributed by atoms with Crippen LogP contribution in [0.4, 0.5) is 5.00 Å². The molecule has 3 nitrogen and oxygen atoms in total. The highest BCUT2D eigenvalue weighted by atomic mass is 32.2. The molecule has 26 heavy (non-hydrogen) atoms. The molecule has 1 N–H and O–H groups in total. The number of nitriles is 1. The Morgan fingerprint density at radius 3 is 2.88 bits per heavy atom. The number of amides is 1. The topological polar surface area (TPSA) is 52.9 Å². The summed E-state index contributed by atoms with van der Waals surface area (Å²) < 4.78 is 0. The first-order valence-corrected chi connectivity index (χ1v) is 10.9. The summed E-state index contributed by atoms with van der Waals surface area (Å²) in [7, 11) is 0. The highest BCUT2D eigenvalue weighted by Gasteiger charge is 2.24. The average Bonchev–Trinajstić information content (AvgIpc) is 2.96. The number of hydrogen-bond donors (Lipinski definition) is 1. The molecule has 3 rings (SSSR count). The van der Waals surface area contributed by atoms with Crippen molar-refractivity contribution < 1.29 is 4.79 Å². The molecule has 1 atom stereocenters. The molecule has 1 unspecified atom stereocenters. The number of thioether (sulfide) groups is 1. The van der Waals surface area contributed by atoms with Crippen LogP contribution in [0.3, 0.4) is 0 Å². The van der Waals surface area contributed by atoms with Gasteiger partial charge in [-0.15, -0.1) is 23.1 Å². The van der Waals surface area contributed by atoms with E-state index in [1.807, 2.05) is 0 Å². The Hall–Kier alpha value is -1.77. The van der Waals surface area contributed by atoms with Crippen molar-refractivity contribution in [2.24, 2.45) is 5.92 Å². The maximum Gasteiger partial charge on any atom is 0.225 e. The van der Waals surface area contributed by atoms with Crippen molar-refractivity contribution in [1.82, 2.24) is 0 Å². The fourth-order valence-corrected chi connectivity index (χ4v) is 5.43. The summed E-state index contributed by atoms with van der Waals surface area (Å²) in [4.78, 5) is 14.8. The summed E-state index contributed by atoms with van der Waals surface area (Å²) in [6, 6.07) is 10.8. The quantitative estimate of drug-likeness (QED) is 0.524. The summed E-state index contributed by atoms with van der Waals surface area (Å²) >= 11 is 3.37. The lowest BCUT2D eigenvalue weighted by Gasteiger charge is -2.17. The lowest BCUT2D eigenvalue weighted by atomic mass is 9.89. The van der Waals surface area contributed by atoms with Crippen molar-refractivity contribution in [2.45, 2.75) is 50.8 Å². The molecule has 0 fully saturated rings. The van der Waals surface area contributed by atoms with Crippen LogP contribution in [0.5, 0.6) is 0 Å². The Kier molecular flexibility index (Phi) is 6.39. The van der Waals surface area contributed by atoms with Crippen LogP contribution in [0.2, 0.25) is 0 Å². The third-order valence-electron chi connectivity index (χ3n) is 4.71. The first-order valence-electron chi connectivity index (χ1n) is 9.10. The monoisotopic (exact) mass is 384 g/mol. The molecular weight excluding hydrogens is 360 g/mol. The van der Waals surface area contributed by atoms with Crippen LogP contribution in [-0.4, -0.2) is 11.7 Å². The molecule has 0 radical (unpaired) electrons. The number of anilines is 1. The zero-order valence-corrected chi connectivity index (χ0v) is 16.9. The number of fused-ring (bicyclic) bond motifs is 1. The molecule has 1 heterocycles. The minimum Gasteiger partial charge on any atom is -0.317 e. The van der Waals surface area contributed by atoms with Gasteiger partial charge in [-0.3, -0.25) is 4.79 Å². The summed E-state index contributed by atoms with van der Waals surface area (Å²) in [6.45, 7) is 4.33. The van der Waals surface area contributed by atoms with Gasteiger partial charge in [-0.1, -0.05) is 24.6 Å². The van der Waals surface area contributed by atoms with E-state index >= 15 is 0 Å². The molecule has 0 bridgehead atoms. The Labute approximate surface area is 163 Å². The maximum atomic E-state index is 12.3. The summed E-state index contributed by atoms with van der Waals surface area (Å²) in [5.74, 6) is 1.59. The van der Waals surface area contributed by atoms with E-state index in [1.54, 1.807) is 23.1 Å². The van der Waals surface area contributed by atoms with Crippen molar-refractivity contribution in [2.75, 3.05) is 11.1 Å². The summed E-state index contributed by atoms with van der Waals surface area (Å²) in [5, 5.41) is 13.2. The number of aryl methyl sites for hydroxylation is 1. The number of carbonyl (C=O) groups excluding carboxylic acids is 1. The van der Waals surface area contributed by atoms with Crippen LogP contribution in [0.15, 0.2) is 29.2 Å². The van der Waals surface area contributed by atoms with Gasteiger partial charge in [0.05, 0.1) is 5.56 Å². The van der Waals surface area contributed by atoms with Crippen LogP contribution in [0.25, 0.3) is 0 Å². The van der Waals surface area contributed by atoms with Gasteiger partial charge in [-0.05, 0) is 62.0 Å². The molecule has 1 aromatic carbocycles. The number of benzene rings is 1. The normalized spacial score (nSPS) is 16.0. The first kappa shape index (κ1) is 19.0. The lowest BCUT2D eigenvalue weighted by molar-refractivity contribution is -0.116. The van der Waals surface area contributed by atoms with Gasteiger partial charge in [0.2, 0.25) is 5.91 Å². The van der Waals surface area contributed by atoms with E-state index in [-0.39, 0.29) is 5.91 Å². The molecule has 5 heteroatoms. The molecule has 0 spiro atoms. The number of carbonyl (C=O) groups is 1. The van der Waals surface area contributed by atoms with Gasteiger partial charge in [0.25, 0.3) is 0 Å². The third kappa shape index (κ3) is 4.69. The van der Waals surface area contributed by atoms with Crippen molar-refractivity contribution in [3.05, 3.63) is 45.8 Å². The molecule has 2 aromatic rings. The summed E-state index contributed by atoms with van der Waals surface area (Å²) in [5.41, 5.74) is 3.12. The van der Waals surface area contributed by atoms with Crippen molar-refractivity contribution in [3.8, 4) is 6.07 Å². The number of thiophene rings is 1. The number of nitrogens with one attached hydrogen (secondary N) is 1. The van der Waals surface area contributed by atoms with Crippen LogP contribution < -0.4 is 5.32 Å². The lowest BCUT2D eigenvalue weighted by Crippen LogP contribution is -2.12. The average molecular weight is 385 g/mol. The van der Waals surface area contributed by atoms with E-state index in [1.165, 1.54) is 20.9 Å². The number of hydrogen-bond acceptors (Lipinski definition) is 4. The third-order valence-corrected chi connectivity index (χ3v) is 6.98. The second kappa shape index (κ2) is 8.75. The minimum atomic E-state index is 0.0117. The van der Waals surface area contributed by atoms with Crippen LogP contribution in [0, 0.1) is 24.2 Å². The predicted octanol–water partition coefficient (Wildman–Crippen LogP) is 5.56. The van der Waals surface area contributed by atoms with Gasteiger partial charge in [0.1, 0.15) is 11.1 Å². The Morgan fingerprint density at radius 2 is 2.15 bits per heavy atom.